The van der Waals surface area contributed by atoms with Gasteiger partial charge < -0.3 is 0 Å². The van der Waals surface area contributed by atoms with Crippen molar-refractivity contribution in [2.75, 3.05) is 6.26 Å². The minimum absolute atomic E-state index is 1.18. The van der Waals surface area contributed by atoms with Gasteiger partial charge in [-0.2, -0.15) is 4.57 Å². The molecular formula is C22H36NS2+. The smallest absolute Gasteiger partial charge is 0.176 e. The number of para-hydroxylation sites is 1. The Kier molecular flexibility index (Phi) is 10.6. The molecule has 0 bridgehead atoms. The van der Waals surface area contributed by atoms with Crippen molar-refractivity contribution in [1.82, 2.24) is 0 Å². The summed E-state index contributed by atoms with van der Waals surface area (Å²) >= 11 is 3.82. The second-order valence-electron chi connectivity index (χ2n) is 7.08. The Morgan fingerprint density at radius 1 is 0.800 bits per heavy atom. The Balaban J connectivity index is 1.55. The summed E-state index contributed by atoms with van der Waals surface area (Å²) in [6, 6.07) is 8.83. The van der Waals surface area contributed by atoms with Gasteiger partial charge >= 0.3 is 0 Å². The summed E-state index contributed by atoms with van der Waals surface area (Å²) < 4.78 is 5.40. The van der Waals surface area contributed by atoms with Gasteiger partial charge in [0.25, 0.3) is 4.34 Å². The lowest BCUT2D eigenvalue weighted by molar-refractivity contribution is -0.702. The molecule has 0 fully saturated rings. The Morgan fingerprint density at radius 3 is 1.96 bits per heavy atom. The fraction of sp³-hybridized carbons (Fsp3) is 0.682. The molecule has 0 aliphatic rings. The first kappa shape index (κ1) is 20.8. The monoisotopic (exact) mass is 378 g/mol. The molecule has 0 unspecified atom stereocenters. The number of unbranched alkanes of at least 4 members (excludes halogenated alkanes) is 11. The molecule has 3 heteroatoms. The molecule has 0 N–H and O–H groups in total. The van der Waals surface area contributed by atoms with Crippen molar-refractivity contribution >= 4 is 33.3 Å². The van der Waals surface area contributed by atoms with Crippen LogP contribution in [0.25, 0.3) is 10.2 Å². The van der Waals surface area contributed by atoms with E-state index in [0.717, 1.165) is 0 Å². The summed E-state index contributed by atoms with van der Waals surface area (Å²) in [5, 5.41) is 0. The molecule has 0 aliphatic heterocycles. The number of hydrogen-bond donors (Lipinski definition) is 0. The van der Waals surface area contributed by atoms with Crippen LogP contribution in [0.2, 0.25) is 0 Å². The first-order chi connectivity index (χ1) is 12.4. The summed E-state index contributed by atoms with van der Waals surface area (Å²) in [6.07, 6.45) is 19.2. The summed E-state index contributed by atoms with van der Waals surface area (Å²) in [5.41, 5.74) is 1.42. The first-order valence-electron chi connectivity index (χ1n) is 10.3. The zero-order chi connectivity index (χ0) is 17.7. The van der Waals surface area contributed by atoms with Gasteiger partial charge in [-0.1, -0.05) is 94.6 Å². The maximum Gasteiger partial charge on any atom is 0.298 e. The van der Waals surface area contributed by atoms with Gasteiger partial charge in [0.05, 0.1) is 0 Å². The fourth-order valence-electron chi connectivity index (χ4n) is 3.49. The molecule has 0 saturated carbocycles. The molecule has 2 aromatic rings. The lowest BCUT2D eigenvalue weighted by Gasteiger charge is -2.02. The van der Waals surface area contributed by atoms with Crippen LogP contribution in [-0.4, -0.2) is 6.26 Å². The Bertz CT molecular complexity index is 591. The third-order valence-corrected chi connectivity index (χ3v) is 7.26. The predicted molar refractivity (Wildman–Crippen MR) is 115 cm³/mol. The number of benzene rings is 1. The van der Waals surface area contributed by atoms with E-state index in [2.05, 4.69) is 42.0 Å². The van der Waals surface area contributed by atoms with Crippen LogP contribution in [0.3, 0.4) is 0 Å². The molecule has 0 radical (unpaired) electrons. The molecule has 2 rings (SSSR count). The summed E-state index contributed by atoms with van der Waals surface area (Å²) in [6.45, 7) is 3.47. The Labute approximate surface area is 163 Å². The Hall–Kier alpha value is -0.540. The average Bonchev–Trinajstić information content (AvgIpc) is 3.00. The largest absolute Gasteiger partial charge is 0.298 e. The lowest BCUT2D eigenvalue weighted by Crippen LogP contribution is -2.34. The van der Waals surface area contributed by atoms with Crippen LogP contribution in [0, 0.1) is 0 Å². The van der Waals surface area contributed by atoms with Gasteiger partial charge in [-0.3, -0.25) is 0 Å². The van der Waals surface area contributed by atoms with E-state index in [-0.39, 0.29) is 0 Å². The van der Waals surface area contributed by atoms with E-state index in [0.29, 0.717) is 0 Å². The van der Waals surface area contributed by atoms with Gasteiger partial charge in [0.15, 0.2) is 6.54 Å². The molecule has 1 nitrogen and oxygen atoms in total. The molecule has 1 aromatic carbocycles. The van der Waals surface area contributed by atoms with Crippen LogP contribution in [0.1, 0.15) is 84.0 Å². The van der Waals surface area contributed by atoms with Crippen LogP contribution >= 0.6 is 23.1 Å². The third kappa shape index (κ3) is 7.30. The number of fused-ring (bicyclic) bond motifs is 1. The minimum atomic E-state index is 1.18. The number of aryl methyl sites for hydroxylation is 1. The molecule has 0 aliphatic carbocycles. The van der Waals surface area contributed by atoms with E-state index in [1.54, 1.807) is 0 Å². The highest BCUT2D eigenvalue weighted by Gasteiger charge is 2.18. The normalized spacial score (nSPS) is 11.4. The standard InChI is InChI=1S/C22H36NS2/c1-3-4-5-6-7-8-9-10-11-12-13-16-19-23-20-17-14-15-18-21(20)25-22(23)24-2/h14-15,17-18H,3-13,16,19H2,1-2H3/q+1. The molecule has 1 aromatic heterocycles. The van der Waals surface area contributed by atoms with Crippen LogP contribution in [0.4, 0.5) is 0 Å². The highest BCUT2D eigenvalue weighted by atomic mass is 32.2. The van der Waals surface area contributed by atoms with Gasteiger partial charge in [-0.15, -0.1) is 0 Å². The van der Waals surface area contributed by atoms with Crippen LogP contribution in [-0.2, 0) is 6.54 Å². The van der Waals surface area contributed by atoms with Crippen molar-refractivity contribution in [3.63, 3.8) is 0 Å². The third-order valence-electron chi connectivity index (χ3n) is 4.98. The second kappa shape index (κ2) is 12.8. The predicted octanol–water partition coefficient (Wildman–Crippen LogP) is 7.61. The van der Waals surface area contributed by atoms with Crippen LogP contribution < -0.4 is 4.57 Å². The zero-order valence-corrected chi connectivity index (χ0v) is 17.9. The topological polar surface area (TPSA) is 3.88 Å². The van der Waals surface area contributed by atoms with Gasteiger partial charge in [0.1, 0.15) is 4.70 Å². The molecule has 0 amide bonds. The van der Waals surface area contributed by atoms with Gasteiger partial charge in [-0.05, 0) is 30.5 Å². The number of thioether (sulfide) groups is 1. The molecule has 0 saturated heterocycles. The van der Waals surface area contributed by atoms with Crippen LogP contribution in [0.15, 0.2) is 28.6 Å². The highest BCUT2D eigenvalue weighted by molar-refractivity contribution is 8.00. The summed E-state index contributed by atoms with van der Waals surface area (Å²) in [4.78, 5) is 0. The van der Waals surface area contributed by atoms with E-state index >= 15 is 0 Å². The van der Waals surface area contributed by atoms with E-state index in [9.17, 15) is 0 Å². The Morgan fingerprint density at radius 2 is 1.36 bits per heavy atom. The van der Waals surface area contributed by atoms with Crippen molar-refractivity contribution in [1.29, 1.82) is 0 Å². The van der Waals surface area contributed by atoms with Gasteiger partial charge in [-0.25, -0.2) is 0 Å². The minimum Gasteiger partial charge on any atom is -0.176 e. The molecular weight excluding hydrogens is 342 g/mol. The van der Waals surface area contributed by atoms with Gasteiger partial charge in [0, 0.05) is 12.5 Å². The quantitative estimate of drug-likeness (QED) is 0.186. The van der Waals surface area contributed by atoms with Crippen LogP contribution in [0.5, 0.6) is 0 Å². The van der Waals surface area contributed by atoms with E-state index in [4.69, 9.17) is 0 Å². The number of aromatic nitrogens is 1. The highest BCUT2D eigenvalue weighted by Crippen LogP contribution is 2.26. The van der Waals surface area contributed by atoms with Crippen molar-refractivity contribution in [3.8, 4) is 0 Å². The van der Waals surface area contributed by atoms with Gasteiger partial charge in [0.2, 0.25) is 5.52 Å². The number of rotatable bonds is 14. The number of hydrogen-bond acceptors (Lipinski definition) is 2. The molecule has 0 atom stereocenters. The van der Waals surface area contributed by atoms with E-state index < -0.39 is 0 Å². The molecule has 1 heterocycles. The fourth-order valence-corrected chi connectivity index (χ4v) is 5.42. The number of thiazole rings is 1. The van der Waals surface area contributed by atoms with Crippen molar-refractivity contribution in [2.24, 2.45) is 0 Å². The lowest BCUT2D eigenvalue weighted by atomic mass is 10.1. The molecule has 25 heavy (non-hydrogen) atoms. The summed E-state index contributed by atoms with van der Waals surface area (Å²) in [5.74, 6) is 0. The maximum atomic E-state index is 2.53. The van der Waals surface area contributed by atoms with Crippen molar-refractivity contribution in [2.45, 2.75) is 94.9 Å². The van der Waals surface area contributed by atoms with E-state index in [1.165, 1.54) is 98.2 Å². The SMILES string of the molecule is CCCCCCCCCCCCCC[n+]1c(SC)sc2ccccc21. The van der Waals surface area contributed by atoms with Crippen molar-refractivity contribution in [3.05, 3.63) is 24.3 Å². The molecule has 0 spiro atoms. The second-order valence-corrected chi connectivity index (χ2v) is 9.16. The van der Waals surface area contributed by atoms with Crippen molar-refractivity contribution < 1.29 is 4.57 Å². The average molecular weight is 379 g/mol. The first-order valence-corrected chi connectivity index (χ1v) is 12.4. The zero-order valence-electron chi connectivity index (χ0n) is 16.3. The molecule has 140 valence electrons. The number of nitrogens with zero attached hydrogens (tertiary/aromatic N) is 1. The maximum absolute atomic E-state index is 2.53. The van der Waals surface area contributed by atoms with E-state index in [1.807, 2.05) is 23.1 Å². The summed E-state index contributed by atoms with van der Waals surface area (Å²) in [7, 11) is 0.